The predicted molar refractivity (Wildman–Crippen MR) is 52.4 cm³/mol. The van der Waals surface area contributed by atoms with Crippen LogP contribution in [0.5, 0.6) is 17.2 Å². The lowest BCUT2D eigenvalue weighted by atomic mass is 10.3. The molecule has 0 spiro atoms. The number of ether oxygens (including phenoxy) is 1. The van der Waals surface area contributed by atoms with Gasteiger partial charge < -0.3 is 9.84 Å². The summed E-state index contributed by atoms with van der Waals surface area (Å²) in [7, 11) is 0. The van der Waals surface area contributed by atoms with Gasteiger partial charge in [-0.3, -0.25) is 4.98 Å². The van der Waals surface area contributed by atoms with Crippen molar-refractivity contribution in [2.75, 3.05) is 0 Å². The van der Waals surface area contributed by atoms with E-state index in [1.807, 2.05) is 0 Å². The Morgan fingerprint density at radius 3 is 2.50 bits per heavy atom. The third-order valence-corrected chi connectivity index (χ3v) is 1.70. The first-order valence-electron chi connectivity index (χ1n) is 4.21. The van der Waals surface area contributed by atoms with Gasteiger partial charge in [0.25, 0.3) is 0 Å². The van der Waals surface area contributed by atoms with Crippen molar-refractivity contribution < 1.29 is 9.84 Å². The molecule has 2 aromatic rings. The van der Waals surface area contributed by atoms with E-state index in [0.717, 1.165) is 0 Å². The molecule has 0 saturated carbocycles. The molecule has 0 aliphatic rings. The number of pyridine rings is 1. The number of phenolic OH excluding ortho intramolecular Hbond substituents is 1. The van der Waals surface area contributed by atoms with E-state index in [4.69, 9.17) is 4.74 Å². The van der Waals surface area contributed by atoms with Gasteiger partial charge in [0.2, 0.25) is 0 Å². The number of rotatable bonds is 2. The molecule has 0 radical (unpaired) electrons. The van der Waals surface area contributed by atoms with Gasteiger partial charge in [0, 0.05) is 18.5 Å². The van der Waals surface area contributed by atoms with Crippen molar-refractivity contribution in [1.82, 2.24) is 4.98 Å². The van der Waals surface area contributed by atoms with Crippen molar-refractivity contribution in [2.24, 2.45) is 0 Å². The highest BCUT2D eigenvalue weighted by Crippen LogP contribution is 2.23. The van der Waals surface area contributed by atoms with Crippen molar-refractivity contribution in [3.05, 3.63) is 48.8 Å². The van der Waals surface area contributed by atoms with Crippen LogP contribution in [0.25, 0.3) is 0 Å². The molecule has 0 aliphatic carbocycles. The predicted octanol–water partition coefficient (Wildman–Crippen LogP) is 2.58. The molecule has 0 aliphatic heterocycles. The lowest BCUT2D eigenvalue weighted by molar-refractivity contribution is 0.455. The lowest BCUT2D eigenvalue weighted by Gasteiger charge is -2.04. The number of hydrogen-bond acceptors (Lipinski definition) is 3. The molecule has 0 fully saturated rings. The molecule has 0 unspecified atom stereocenters. The van der Waals surface area contributed by atoms with Gasteiger partial charge in [-0.15, -0.1) is 0 Å². The Kier molecular flexibility index (Phi) is 2.32. The lowest BCUT2D eigenvalue weighted by Crippen LogP contribution is -1.83. The topological polar surface area (TPSA) is 42.4 Å². The first-order chi connectivity index (χ1) is 6.84. The highest BCUT2D eigenvalue weighted by atomic mass is 16.5. The van der Waals surface area contributed by atoms with Gasteiger partial charge in [-0.2, -0.15) is 0 Å². The number of phenols is 1. The average molecular weight is 187 g/mol. The maximum atomic E-state index is 9.20. The van der Waals surface area contributed by atoms with Gasteiger partial charge in [0.15, 0.2) is 0 Å². The maximum Gasteiger partial charge on any atom is 0.131 e. The molecule has 0 amide bonds. The van der Waals surface area contributed by atoms with E-state index >= 15 is 0 Å². The highest BCUT2D eigenvalue weighted by molar-refractivity contribution is 5.35. The van der Waals surface area contributed by atoms with Crippen LogP contribution in [0.3, 0.4) is 0 Å². The fourth-order valence-electron chi connectivity index (χ4n) is 1.09. The van der Waals surface area contributed by atoms with Gasteiger partial charge in [-0.1, -0.05) is 6.07 Å². The van der Waals surface area contributed by atoms with Crippen LogP contribution in [0.1, 0.15) is 0 Å². The van der Waals surface area contributed by atoms with E-state index in [0.29, 0.717) is 11.5 Å². The van der Waals surface area contributed by atoms with E-state index in [2.05, 4.69) is 4.98 Å². The van der Waals surface area contributed by atoms with Gasteiger partial charge in [-0.05, 0) is 24.3 Å². The Morgan fingerprint density at radius 1 is 1.00 bits per heavy atom. The summed E-state index contributed by atoms with van der Waals surface area (Å²) in [5, 5.41) is 9.20. The molecule has 3 heteroatoms. The third-order valence-electron chi connectivity index (χ3n) is 1.70. The molecule has 3 nitrogen and oxygen atoms in total. The van der Waals surface area contributed by atoms with Crippen LogP contribution < -0.4 is 4.74 Å². The molecule has 2 rings (SSSR count). The number of aromatic hydroxyl groups is 1. The minimum absolute atomic E-state index is 0.191. The fraction of sp³-hybridized carbons (Fsp3) is 0. The van der Waals surface area contributed by atoms with E-state index in [1.54, 1.807) is 48.8 Å². The highest BCUT2D eigenvalue weighted by Gasteiger charge is 1.96. The molecule has 0 saturated heterocycles. The molecular weight excluding hydrogens is 178 g/mol. The summed E-state index contributed by atoms with van der Waals surface area (Å²) in [4.78, 5) is 3.88. The molecule has 0 atom stereocenters. The Labute approximate surface area is 81.6 Å². The van der Waals surface area contributed by atoms with Crippen molar-refractivity contribution in [3.63, 3.8) is 0 Å². The van der Waals surface area contributed by atoms with Crippen molar-refractivity contribution >= 4 is 0 Å². The van der Waals surface area contributed by atoms with Crippen LogP contribution >= 0.6 is 0 Å². The van der Waals surface area contributed by atoms with Crippen LogP contribution in [-0.2, 0) is 0 Å². The molecule has 1 aromatic heterocycles. The van der Waals surface area contributed by atoms with Gasteiger partial charge in [-0.25, -0.2) is 0 Å². The minimum atomic E-state index is 0.191. The largest absolute Gasteiger partial charge is 0.508 e. The van der Waals surface area contributed by atoms with Crippen LogP contribution in [0.4, 0.5) is 0 Å². The molecule has 14 heavy (non-hydrogen) atoms. The number of hydrogen-bond donors (Lipinski definition) is 1. The van der Waals surface area contributed by atoms with Crippen molar-refractivity contribution in [3.8, 4) is 17.2 Å². The second kappa shape index (κ2) is 3.79. The summed E-state index contributed by atoms with van der Waals surface area (Å²) in [6.45, 7) is 0. The van der Waals surface area contributed by atoms with Crippen LogP contribution in [0.2, 0.25) is 0 Å². The summed E-state index contributed by atoms with van der Waals surface area (Å²) >= 11 is 0. The van der Waals surface area contributed by atoms with Crippen LogP contribution in [0.15, 0.2) is 48.8 Å². The molecule has 1 heterocycles. The first kappa shape index (κ1) is 8.56. The smallest absolute Gasteiger partial charge is 0.131 e. The number of nitrogens with zero attached hydrogens (tertiary/aromatic N) is 1. The quantitative estimate of drug-likeness (QED) is 0.785. The zero-order valence-electron chi connectivity index (χ0n) is 7.42. The number of aromatic nitrogens is 1. The summed E-state index contributed by atoms with van der Waals surface area (Å²) in [5.41, 5.74) is 0. The monoisotopic (exact) mass is 187 g/mol. The maximum absolute atomic E-state index is 9.20. The second-order valence-electron chi connectivity index (χ2n) is 2.78. The molecular formula is C11H9NO2. The SMILES string of the molecule is Oc1cccc(Oc2ccncc2)c1. The van der Waals surface area contributed by atoms with Gasteiger partial charge in [0.05, 0.1) is 0 Å². The third kappa shape index (κ3) is 2.01. The molecule has 0 bridgehead atoms. The van der Waals surface area contributed by atoms with Crippen LogP contribution in [0, 0.1) is 0 Å². The summed E-state index contributed by atoms with van der Waals surface area (Å²) < 4.78 is 5.46. The zero-order chi connectivity index (χ0) is 9.80. The van der Waals surface area contributed by atoms with E-state index < -0.39 is 0 Å². The van der Waals surface area contributed by atoms with Crippen molar-refractivity contribution in [2.45, 2.75) is 0 Å². The minimum Gasteiger partial charge on any atom is -0.508 e. The summed E-state index contributed by atoms with van der Waals surface area (Å²) in [6.07, 6.45) is 3.30. The van der Waals surface area contributed by atoms with E-state index in [9.17, 15) is 5.11 Å². The van der Waals surface area contributed by atoms with Gasteiger partial charge in [0.1, 0.15) is 17.2 Å². The number of benzene rings is 1. The molecule has 1 aromatic carbocycles. The normalized spacial score (nSPS) is 9.71. The second-order valence-corrected chi connectivity index (χ2v) is 2.78. The standard InChI is InChI=1S/C11H9NO2/c13-9-2-1-3-11(8-9)14-10-4-6-12-7-5-10/h1-8,13H. The Balaban J connectivity index is 2.19. The fourth-order valence-corrected chi connectivity index (χ4v) is 1.09. The molecule has 1 N–H and O–H groups in total. The first-order valence-corrected chi connectivity index (χ1v) is 4.21. The van der Waals surface area contributed by atoms with Crippen LogP contribution in [-0.4, -0.2) is 10.1 Å². The van der Waals surface area contributed by atoms with Crippen molar-refractivity contribution in [1.29, 1.82) is 0 Å². The Hall–Kier alpha value is -2.03. The summed E-state index contributed by atoms with van der Waals surface area (Å²) in [5.74, 6) is 1.50. The Morgan fingerprint density at radius 2 is 1.79 bits per heavy atom. The van der Waals surface area contributed by atoms with E-state index in [-0.39, 0.29) is 5.75 Å². The average Bonchev–Trinajstić information content (AvgIpc) is 2.19. The summed E-state index contributed by atoms with van der Waals surface area (Å²) in [6, 6.07) is 10.2. The molecule has 70 valence electrons. The van der Waals surface area contributed by atoms with Gasteiger partial charge >= 0.3 is 0 Å². The Bertz CT molecular complexity index is 415. The zero-order valence-corrected chi connectivity index (χ0v) is 7.42. The van der Waals surface area contributed by atoms with E-state index in [1.165, 1.54) is 0 Å².